The molecule has 0 aliphatic rings. The third-order valence-corrected chi connectivity index (χ3v) is 6.19. The predicted octanol–water partition coefficient (Wildman–Crippen LogP) is 5.94. The number of carbonyl (C=O) groups is 1. The molecule has 0 saturated carbocycles. The van der Waals surface area contributed by atoms with E-state index >= 15 is 0 Å². The fourth-order valence-electron chi connectivity index (χ4n) is 3.33. The van der Waals surface area contributed by atoms with Gasteiger partial charge in [0, 0.05) is 16.9 Å². The van der Waals surface area contributed by atoms with Crippen LogP contribution in [0.2, 0.25) is 5.02 Å². The van der Waals surface area contributed by atoms with Crippen molar-refractivity contribution in [2.75, 3.05) is 18.2 Å². The molecule has 0 spiro atoms. The SMILES string of the molecule is COc1ccc(NC(=O)CSc2nnc(-c3cccc(C)c3)n2-c2ccc(C)cc2)cc1Cl. The molecular weight excluding hydrogens is 456 g/mol. The second-order valence-electron chi connectivity index (χ2n) is 7.53. The van der Waals surface area contributed by atoms with E-state index in [1.165, 1.54) is 11.8 Å². The van der Waals surface area contributed by atoms with Crippen LogP contribution < -0.4 is 10.1 Å². The lowest BCUT2D eigenvalue weighted by atomic mass is 10.1. The first-order chi connectivity index (χ1) is 15.9. The minimum atomic E-state index is -0.170. The van der Waals surface area contributed by atoms with Gasteiger partial charge in [0.05, 0.1) is 17.9 Å². The van der Waals surface area contributed by atoms with Gasteiger partial charge < -0.3 is 10.1 Å². The molecule has 4 rings (SSSR count). The molecule has 0 aliphatic heterocycles. The number of hydrogen-bond acceptors (Lipinski definition) is 5. The van der Waals surface area contributed by atoms with Crippen LogP contribution in [-0.4, -0.2) is 33.5 Å². The molecular formula is C25H23ClN4O2S. The number of thioether (sulfide) groups is 1. The molecule has 0 saturated heterocycles. The summed E-state index contributed by atoms with van der Waals surface area (Å²) in [6.07, 6.45) is 0. The van der Waals surface area contributed by atoms with Crippen LogP contribution in [-0.2, 0) is 4.79 Å². The number of aryl methyl sites for hydroxylation is 2. The Bertz CT molecular complexity index is 1290. The van der Waals surface area contributed by atoms with Crippen LogP contribution in [0, 0.1) is 13.8 Å². The molecule has 4 aromatic rings. The molecule has 1 aromatic heterocycles. The van der Waals surface area contributed by atoms with E-state index in [0.29, 0.717) is 21.6 Å². The lowest BCUT2D eigenvalue weighted by molar-refractivity contribution is -0.113. The lowest BCUT2D eigenvalue weighted by Gasteiger charge is -2.11. The van der Waals surface area contributed by atoms with E-state index in [0.717, 1.165) is 28.2 Å². The number of halogens is 1. The average Bonchev–Trinajstić information content (AvgIpc) is 3.22. The van der Waals surface area contributed by atoms with Crippen LogP contribution in [0.15, 0.2) is 71.9 Å². The Balaban J connectivity index is 1.58. The monoisotopic (exact) mass is 478 g/mol. The van der Waals surface area contributed by atoms with E-state index in [1.54, 1.807) is 25.3 Å². The molecule has 33 heavy (non-hydrogen) atoms. The zero-order valence-corrected chi connectivity index (χ0v) is 20.1. The average molecular weight is 479 g/mol. The maximum absolute atomic E-state index is 12.6. The summed E-state index contributed by atoms with van der Waals surface area (Å²) in [5, 5.41) is 12.8. The lowest BCUT2D eigenvalue weighted by Crippen LogP contribution is -2.14. The molecule has 168 valence electrons. The van der Waals surface area contributed by atoms with Crippen LogP contribution in [0.5, 0.6) is 5.75 Å². The van der Waals surface area contributed by atoms with Gasteiger partial charge in [-0.15, -0.1) is 10.2 Å². The van der Waals surface area contributed by atoms with Gasteiger partial charge in [-0.3, -0.25) is 9.36 Å². The number of amides is 1. The molecule has 1 heterocycles. The predicted molar refractivity (Wildman–Crippen MR) is 134 cm³/mol. The highest BCUT2D eigenvalue weighted by Gasteiger charge is 2.17. The minimum Gasteiger partial charge on any atom is -0.495 e. The number of anilines is 1. The topological polar surface area (TPSA) is 69.0 Å². The zero-order chi connectivity index (χ0) is 23.4. The Morgan fingerprint density at radius 1 is 1.03 bits per heavy atom. The Morgan fingerprint density at radius 3 is 2.52 bits per heavy atom. The fourth-order valence-corrected chi connectivity index (χ4v) is 4.34. The van der Waals surface area contributed by atoms with Crippen molar-refractivity contribution in [3.05, 3.63) is 82.9 Å². The van der Waals surface area contributed by atoms with Gasteiger partial charge in [-0.25, -0.2) is 0 Å². The number of methoxy groups -OCH3 is 1. The first-order valence-electron chi connectivity index (χ1n) is 10.3. The highest BCUT2D eigenvalue weighted by molar-refractivity contribution is 7.99. The molecule has 0 fully saturated rings. The molecule has 1 amide bonds. The number of carbonyl (C=O) groups excluding carboxylic acids is 1. The molecule has 8 heteroatoms. The zero-order valence-electron chi connectivity index (χ0n) is 18.5. The highest BCUT2D eigenvalue weighted by Crippen LogP contribution is 2.30. The maximum Gasteiger partial charge on any atom is 0.234 e. The molecule has 0 atom stereocenters. The molecule has 3 aromatic carbocycles. The van der Waals surface area contributed by atoms with Crippen LogP contribution in [0.3, 0.4) is 0 Å². The van der Waals surface area contributed by atoms with Gasteiger partial charge in [-0.05, 0) is 50.2 Å². The first-order valence-corrected chi connectivity index (χ1v) is 11.7. The van der Waals surface area contributed by atoms with E-state index in [1.807, 2.05) is 60.9 Å². The molecule has 1 N–H and O–H groups in total. The second-order valence-corrected chi connectivity index (χ2v) is 8.88. The quantitative estimate of drug-likeness (QED) is 0.333. The van der Waals surface area contributed by atoms with Crippen LogP contribution in [0.1, 0.15) is 11.1 Å². The number of benzene rings is 3. The molecule has 0 aliphatic carbocycles. The van der Waals surface area contributed by atoms with E-state index in [2.05, 4.69) is 21.6 Å². The van der Waals surface area contributed by atoms with E-state index in [-0.39, 0.29) is 11.7 Å². The number of hydrogen-bond donors (Lipinski definition) is 1. The van der Waals surface area contributed by atoms with Crippen molar-refractivity contribution in [2.24, 2.45) is 0 Å². The smallest absolute Gasteiger partial charge is 0.234 e. The van der Waals surface area contributed by atoms with Gasteiger partial charge in [0.25, 0.3) is 0 Å². The van der Waals surface area contributed by atoms with Gasteiger partial charge in [-0.1, -0.05) is 64.8 Å². The summed E-state index contributed by atoms with van der Waals surface area (Å²) >= 11 is 7.48. The van der Waals surface area contributed by atoms with E-state index in [4.69, 9.17) is 16.3 Å². The van der Waals surface area contributed by atoms with Crippen molar-refractivity contribution >= 4 is 35.0 Å². The summed E-state index contributed by atoms with van der Waals surface area (Å²) in [4.78, 5) is 12.6. The van der Waals surface area contributed by atoms with Gasteiger partial charge in [0.1, 0.15) is 5.75 Å². The van der Waals surface area contributed by atoms with Gasteiger partial charge >= 0.3 is 0 Å². The summed E-state index contributed by atoms with van der Waals surface area (Å²) in [6.45, 7) is 4.09. The van der Waals surface area contributed by atoms with Crippen molar-refractivity contribution in [1.82, 2.24) is 14.8 Å². The third-order valence-electron chi connectivity index (χ3n) is 4.97. The van der Waals surface area contributed by atoms with E-state index in [9.17, 15) is 4.79 Å². The largest absolute Gasteiger partial charge is 0.495 e. The Hall–Kier alpha value is -3.29. The van der Waals surface area contributed by atoms with Crippen LogP contribution in [0.25, 0.3) is 17.1 Å². The van der Waals surface area contributed by atoms with Crippen molar-refractivity contribution in [3.63, 3.8) is 0 Å². The van der Waals surface area contributed by atoms with Crippen molar-refractivity contribution in [3.8, 4) is 22.8 Å². The van der Waals surface area contributed by atoms with Gasteiger partial charge in [0.15, 0.2) is 11.0 Å². The molecule has 0 bridgehead atoms. The fraction of sp³-hybridized carbons (Fsp3) is 0.160. The number of rotatable bonds is 7. The first kappa shape index (κ1) is 22.9. The third kappa shape index (κ3) is 5.38. The summed E-state index contributed by atoms with van der Waals surface area (Å²) in [5.74, 6) is 1.28. The van der Waals surface area contributed by atoms with Crippen LogP contribution in [0.4, 0.5) is 5.69 Å². The minimum absolute atomic E-state index is 0.168. The summed E-state index contributed by atoms with van der Waals surface area (Å²) in [7, 11) is 1.55. The van der Waals surface area contributed by atoms with Crippen LogP contribution >= 0.6 is 23.4 Å². The number of nitrogens with zero attached hydrogens (tertiary/aromatic N) is 3. The molecule has 0 unspecified atom stereocenters. The van der Waals surface area contributed by atoms with Gasteiger partial charge in [-0.2, -0.15) is 0 Å². The van der Waals surface area contributed by atoms with Crippen molar-refractivity contribution in [1.29, 1.82) is 0 Å². The summed E-state index contributed by atoms with van der Waals surface area (Å²) in [5.41, 5.74) is 4.81. The van der Waals surface area contributed by atoms with Crippen molar-refractivity contribution < 1.29 is 9.53 Å². The number of nitrogens with one attached hydrogen (secondary N) is 1. The Labute approximate surface area is 202 Å². The molecule has 0 radical (unpaired) electrons. The Morgan fingerprint density at radius 2 is 1.82 bits per heavy atom. The van der Waals surface area contributed by atoms with Crippen molar-refractivity contribution in [2.45, 2.75) is 19.0 Å². The van der Waals surface area contributed by atoms with E-state index < -0.39 is 0 Å². The summed E-state index contributed by atoms with van der Waals surface area (Å²) < 4.78 is 7.13. The maximum atomic E-state index is 12.6. The standard InChI is InChI=1S/C25H23ClN4O2S/c1-16-7-10-20(11-8-16)30-24(18-6-4-5-17(2)13-18)28-29-25(30)33-15-23(31)27-19-9-12-22(32-3)21(26)14-19/h4-14H,15H2,1-3H3,(H,27,31). The highest BCUT2D eigenvalue weighted by atomic mass is 35.5. The van der Waals surface area contributed by atoms with Gasteiger partial charge in [0.2, 0.25) is 5.91 Å². The number of aromatic nitrogens is 3. The summed E-state index contributed by atoms with van der Waals surface area (Å²) in [6, 6.07) is 21.4. The Kier molecular flexibility index (Phi) is 7.01. The normalized spacial score (nSPS) is 10.8. The second kappa shape index (κ2) is 10.1. The molecule has 6 nitrogen and oxygen atoms in total. The number of ether oxygens (including phenoxy) is 1.